The second-order valence-corrected chi connectivity index (χ2v) is 9.90. The second-order valence-electron chi connectivity index (χ2n) is 8.01. The molecule has 2 aliphatic rings. The van der Waals surface area contributed by atoms with E-state index in [4.69, 9.17) is 0 Å². The van der Waals surface area contributed by atoms with Crippen molar-refractivity contribution in [3.05, 3.63) is 60.2 Å². The maximum absolute atomic E-state index is 13.0. The van der Waals surface area contributed by atoms with Gasteiger partial charge in [-0.25, -0.2) is 8.42 Å². The molecule has 0 spiro atoms. The molecule has 2 heterocycles. The maximum atomic E-state index is 13.0. The van der Waals surface area contributed by atoms with Crippen molar-refractivity contribution in [1.82, 2.24) is 9.21 Å². The molecule has 1 unspecified atom stereocenters. The zero-order valence-electron chi connectivity index (χ0n) is 17.4. The predicted molar refractivity (Wildman–Crippen MR) is 118 cm³/mol. The highest BCUT2D eigenvalue weighted by atomic mass is 32.2. The maximum Gasteiger partial charge on any atom is 0.253 e. The number of nitrogens with one attached hydrogen (secondary N) is 1. The van der Waals surface area contributed by atoms with E-state index >= 15 is 0 Å². The van der Waals surface area contributed by atoms with Crippen molar-refractivity contribution in [2.45, 2.75) is 43.0 Å². The molecule has 164 valence electrons. The first-order valence-corrected chi connectivity index (χ1v) is 12.2. The predicted octanol–water partition coefficient (Wildman–Crippen LogP) is 3.10. The summed E-state index contributed by atoms with van der Waals surface area (Å²) in [6, 6.07) is 14.2. The molecular formula is C23H27N3O4S. The summed E-state index contributed by atoms with van der Waals surface area (Å²) in [5.74, 6) is -0.347. The molecule has 2 amide bonds. The van der Waals surface area contributed by atoms with E-state index in [1.54, 1.807) is 54.6 Å². The number of hydrogen-bond acceptors (Lipinski definition) is 4. The number of hydrogen-bond donors (Lipinski definition) is 1. The van der Waals surface area contributed by atoms with Crippen LogP contribution in [0.1, 0.15) is 42.5 Å². The summed E-state index contributed by atoms with van der Waals surface area (Å²) < 4.78 is 27.2. The van der Waals surface area contributed by atoms with Gasteiger partial charge in [0.25, 0.3) is 5.91 Å². The van der Waals surface area contributed by atoms with Crippen LogP contribution >= 0.6 is 0 Å². The molecule has 0 aromatic heterocycles. The number of sulfonamides is 1. The van der Waals surface area contributed by atoms with Crippen LogP contribution in [0.25, 0.3) is 0 Å². The lowest BCUT2D eigenvalue weighted by Gasteiger charge is -2.26. The zero-order chi connectivity index (χ0) is 21.8. The Labute approximate surface area is 183 Å². The van der Waals surface area contributed by atoms with E-state index in [1.807, 2.05) is 4.90 Å². The van der Waals surface area contributed by atoms with Crippen LogP contribution in [-0.2, 0) is 14.8 Å². The first kappa shape index (κ1) is 21.5. The molecule has 7 nitrogen and oxygen atoms in total. The third-order valence-electron chi connectivity index (χ3n) is 5.90. The Morgan fingerprint density at radius 1 is 0.839 bits per heavy atom. The van der Waals surface area contributed by atoms with E-state index in [9.17, 15) is 18.0 Å². The monoisotopic (exact) mass is 441 g/mol. The van der Waals surface area contributed by atoms with Gasteiger partial charge in [-0.3, -0.25) is 9.59 Å². The molecule has 1 N–H and O–H groups in total. The van der Waals surface area contributed by atoms with Crippen molar-refractivity contribution < 1.29 is 18.0 Å². The van der Waals surface area contributed by atoms with Crippen LogP contribution in [0.15, 0.2) is 59.5 Å². The Balaban J connectivity index is 1.43. The van der Waals surface area contributed by atoms with Gasteiger partial charge in [-0.2, -0.15) is 4.31 Å². The first-order chi connectivity index (χ1) is 15.0. The smallest absolute Gasteiger partial charge is 0.253 e. The summed E-state index contributed by atoms with van der Waals surface area (Å²) >= 11 is 0. The number of carbonyl (C=O) groups excluding carboxylic acids is 2. The number of nitrogens with zero attached hydrogens (tertiary/aromatic N) is 2. The molecule has 0 saturated carbocycles. The van der Waals surface area contributed by atoms with Gasteiger partial charge in [0.1, 0.15) is 6.04 Å². The number of piperidine rings is 1. The summed E-state index contributed by atoms with van der Waals surface area (Å²) in [4.78, 5) is 27.5. The molecule has 0 radical (unpaired) electrons. The molecule has 31 heavy (non-hydrogen) atoms. The van der Waals surface area contributed by atoms with Crippen molar-refractivity contribution in [2.24, 2.45) is 0 Å². The number of amides is 2. The van der Waals surface area contributed by atoms with Crippen LogP contribution in [-0.4, -0.2) is 55.1 Å². The lowest BCUT2D eigenvalue weighted by Crippen LogP contribution is -2.43. The highest BCUT2D eigenvalue weighted by Gasteiger charge is 2.39. The fourth-order valence-electron chi connectivity index (χ4n) is 4.22. The fourth-order valence-corrected chi connectivity index (χ4v) is 5.90. The van der Waals surface area contributed by atoms with E-state index in [-0.39, 0.29) is 16.7 Å². The Hall–Kier alpha value is -2.71. The molecule has 0 bridgehead atoms. The van der Waals surface area contributed by atoms with E-state index in [0.717, 1.165) is 32.4 Å². The van der Waals surface area contributed by atoms with Crippen LogP contribution in [0.4, 0.5) is 5.69 Å². The van der Waals surface area contributed by atoms with Crippen LogP contribution in [0.3, 0.4) is 0 Å². The van der Waals surface area contributed by atoms with Gasteiger partial charge < -0.3 is 10.2 Å². The molecule has 1 atom stereocenters. The van der Waals surface area contributed by atoms with Crippen LogP contribution < -0.4 is 5.32 Å². The minimum atomic E-state index is -3.73. The number of carbonyl (C=O) groups is 2. The van der Waals surface area contributed by atoms with Crippen molar-refractivity contribution in [1.29, 1.82) is 0 Å². The summed E-state index contributed by atoms with van der Waals surface area (Å²) in [6.45, 7) is 1.88. The highest BCUT2D eigenvalue weighted by molar-refractivity contribution is 7.89. The van der Waals surface area contributed by atoms with E-state index < -0.39 is 16.1 Å². The minimum Gasteiger partial charge on any atom is -0.339 e. The van der Waals surface area contributed by atoms with Gasteiger partial charge in [-0.05, 0) is 68.5 Å². The van der Waals surface area contributed by atoms with Gasteiger partial charge in [0.05, 0.1) is 4.90 Å². The van der Waals surface area contributed by atoms with Crippen LogP contribution in [0.2, 0.25) is 0 Å². The Bertz CT molecular complexity index is 1030. The van der Waals surface area contributed by atoms with Gasteiger partial charge in [0, 0.05) is 30.9 Å². The second kappa shape index (κ2) is 9.20. The van der Waals surface area contributed by atoms with E-state index in [0.29, 0.717) is 30.6 Å². The van der Waals surface area contributed by atoms with Crippen LogP contribution in [0, 0.1) is 0 Å². The quantitative estimate of drug-likeness (QED) is 0.772. The summed E-state index contributed by atoms with van der Waals surface area (Å²) in [5, 5.41) is 2.81. The lowest BCUT2D eigenvalue weighted by atomic mass is 10.1. The molecule has 0 aliphatic carbocycles. The molecule has 8 heteroatoms. The van der Waals surface area contributed by atoms with Crippen molar-refractivity contribution >= 4 is 27.5 Å². The zero-order valence-corrected chi connectivity index (χ0v) is 18.2. The average molecular weight is 442 g/mol. The van der Waals surface area contributed by atoms with E-state index in [1.165, 1.54) is 4.31 Å². The highest BCUT2D eigenvalue weighted by Crippen LogP contribution is 2.27. The molecule has 2 aliphatic heterocycles. The third-order valence-corrected chi connectivity index (χ3v) is 7.82. The first-order valence-electron chi connectivity index (χ1n) is 10.7. The summed E-state index contributed by atoms with van der Waals surface area (Å²) in [6.07, 6.45) is 4.33. The van der Waals surface area contributed by atoms with Crippen molar-refractivity contribution in [3.63, 3.8) is 0 Å². The summed E-state index contributed by atoms with van der Waals surface area (Å²) in [5.41, 5.74) is 1.14. The van der Waals surface area contributed by atoms with Gasteiger partial charge in [-0.1, -0.05) is 18.2 Å². The van der Waals surface area contributed by atoms with Gasteiger partial charge >= 0.3 is 0 Å². The van der Waals surface area contributed by atoms with Gasteiger partial charge in [0.2, 0.25) is 15.9 Å². The molecule has 2 saturated heterocycles. The topological polar surface area (TPSA) is 86.8 Å². The Morgan fingerprint density at radius 3 is 2.19 bits per heavy atom. The largest absolute Gasteiger partial charge is 0.339 e. The molecule has 2 fully saturated rings. The van der Waals surface area contributed by atoms with Crippen molar-refractivity contribution in [3.8, 4) is 0 Å². The Morgan fingerprint density at radius 2 is 1.52 bits per heavy atom. The number of anilines is 1. The normalized spacial score (nSPS) is 19.9. The summed E-state index contributed by atoms with van der Waals surface area (Å²) in [7, 11) is -3.73. The fraction of sp³-hybridized carbons (Fsp3) is 0.391. The lowest BCUT2D eigenvalue weighted by molar-refractivity contribution is -0.119. The molecule has 4 rings (SSSR count). The van der Waals surface area contributed by atoms with Crippen LogP contribution in [0.5, 0.6) is 0 Å². The average Bonchev–Trinajstić information content (AvgIpc) is 3.31. The molecule has 2 aromatic carbocycles. The Kier molecular flexibility index (Phi) is 6.38. The molecule has 2 aromatic rings. The van der Waals surface area contributed by atoms with Crippen molar-refractivity contribution in [2.75, 3.05) is 25.0 Å². The van der Waals surface area contributed by atoms with Gasteiger partial charge in [-0.15, -0.1) is 0 Å². The SMILES string of the molecule is O=C(Nc1ccc(C(=O)N2CCCCC2)cc1)C1CCCN1S(=O)(=O)c1ccccc1. The number of rotatable bonds is 5. The van der Waals surface area contributed by atoms with E-state index in [2.05, 4.69) is 5.32 Å². The minimum absolute atomic E-state index is 0.00787. The van der Waals surface area contributed by atoms with Gasteiger partial charge in [0.15, 0.2) is 0 Å². The number of benzene rings is 2. The standard InChI is InChI=1S/C23H27N3O4S/c27-22(21-10-7-17-26(21)31(29,30)20-8-3-1-4-9-20)24-19-13-11-18(12-14-19)23(28)25-15-5-2-6-16-25/h1,3-4,8-9,11-14,21H,2,5-7,10,15-17H2,(H,24,27). The molecular weight excluding hydrogens is 414 g/mol. The number of likely N-dealkylation sites (tertiary alicyclic amines) is 1. The third kappa shape index (κ3) is 4.65.